The number of rotatable bonds is 2. The van der Waals surface area contributed by atoms with E-state index in [0.29, 0.717) is 10.0 Å². The second-order valence-electron chi connectivity index (χ2n) is 4.79. The summed E-state index contributed by atoms with van der Waals surface area (Å²) in [4.78, 5) is 0. The molecule has 1 aromatic heterocycles. The third kappa shape index (κ3) is 2.52. The van der Waals surface area contributed by atoms with Gasteiger partial charge in [0.15, 0.2) is 0 Å². The van der Waals surface area contributed by atoms with Crippen molar-refractivity contribution in [2.45, 2.75) is 6.92 Å². The number of aryl methyl sites for hydroxylation is 1. The Morgan fingerprint density at radius 2 is 1.86 bits per heavy atom. The summed E-state index contributed by atoms with van der Waals surface area (Å²) < 4.78 is 2.28. The molecule has 0 aliphatic heterocycles. The summed E-state index contributed by atoms with van der Waals surface area (Å²) in [5.74, 6) is 0.00275. The Hall–Kier alpha value is -2.27. The molecule has 3 rings (SSSR count). The van der Waals surface area contributed by atoms with Crippen LogP contribution in [0, 0.1) is 6.92 Å². The highest BCUT2D eigenvalue weighted by molar-refractivity contribution is 9.10. The molecule has 0 atom stereocenters. The monoisotopic (exact) mass is 344 g/mol. The summed E-state index contributed by atoms with van der Waals surface area (Å²) in [5.41, 5.74) is 3.39. The van der Waals surface area contributed by atoms with Gasteiger partial charge in [0.1, 0.15) is 11.5 Å². The Labute approximate surface area is 130 Å². The third-order valence-electron chi connectivity index (χ3n) is 3.23. The molecule has 0 saturated carbocycles. The van der Waals surface area contributed by atoms with Crippen LogP contribution in [0.4, 0.5) is 0 Å². The van der Waals surface area contributed by atoms with E-state index in [1.165, 1.54) is 6.07 Å². The number of halogens is 1. The lowest BCUT2D eigenvalue weighted by Gasteiger charge is -2.11. The zero-order valence-electron chi connectivity index (χ0n) is 11.3. The first-order valence-corrected chi connectivity index (χ1v) is 7.18. The van der Waals surface area contributed by atoms with Gasteiger partial charge >= 0.3 is 0 Å². The molecule has 0 aliphatic rings. The zero-order chi connectivity index (χ0) is 15.0. The molecular formula is C16H13BrN2O2. The lowest BCUT2D eigenvalue weighted by atomic mass is 10.1. The first-order chi connectivity index (χ1) is 10.1. The van der Waals surface area contributed by atoms with Crippen molar-refractivity contribution in [1.82, 2.24) is 9.78 Å². The van der Waals surface area contributed by atoms with Gasteiger partial charge in [0.25, 0.3) is 0 Å². The number of phenols is 2. The molecule has 0 bridgehead atoms. The molecule has 0 unspecified atom stereocenters. The van der Waals surface area contributed by atoms with Crippen molar-refractivity contribution in [1.29, 1.82) is 0 Å². The lowest BCUT2D eigenvalue weighted by Crippen LogP contribution is -1.99. The van der Waals surface area contributed by atoms with Crippen molar-refractivity contribution >= 4 is 15.9 Å². The minimum Gasteiger partial charge on any atom is -0.507 e. The highest BCUT2D eigenvalue weighted by Gasteiger charge is 2.14. The summed E-state index contributed by atoms with van der Waals surface area (Å²) in [6.07, 6.45) is 1.68. The maximum atomic E-state index is 10.1. The van der Waals surface area contributed by atoms with Gasteiger partial charge in [-0.2, -0.15) is 5.10 Å². The third-order valence-corrected chi connectivity index (χ3v) is 3.87. The van der Waals surface area contributed by atoms with Gasteiger partial charge in [-0.05, 0) is 52.7 Å². The fourth-order valence-electron chi connectivity index (χ4n) is 2.23. The standard InChI is InChI=1S/C16H13BrN2O2/c1-10-3-2-4-11(7-10)19-14(5-6-18-19)12-8-13(17)16(21)9-15(12)20/h2-9,20-21H,1H3. The van der Waals surface area contributed by atoms with Gasteiger partial charge in [-0.1, -0.05) is 12.1 Å². The largest absolute Gasteiger partial charge is 0.507 e. The number of hydrogen-bond donors (Lipinski definition) is 2. The van der Waals surface area contributed by atoms with Crippen molar-refractivity contribution in [3.63, 3.8) is 0 Å². The van der Waals surface area contributed by atoms with E-state index in [4.69, 9.17) is 0 Å². The quantitative estimate of drug-likeness (QED) is 0.738. The van der Waals surface area contributed by atoms with Crippen LogP contribution in [0.2, 0.25) is 0 Å². The maximum absolute atomic E-state index is 10.1. The molecule has 0 radical (unpaired) electrons. The Morgan fingerprint density at radius 3 is 2.62 bits per heavy atom. The lowest BCUT2D eigenvalue weighted by molar-refractivity contribution is 0.449. The highest BCUT2D eigenvalue weighted by Crippen LogP contribution is 2.37. The van der Waals surface area contributed by atoms with Gasteiger partial charge in [-0.3, -0.25) is 0 Å². The number of benzene rings is 2. The van der Waals surface area contributed by atoms with Gasteiger partial charge in [-0.15, -0.1) is 0 Å². The van der Waals surface area contributed by atoms with E-state index in [1.54, 1.807) is 16.9 Å². The van der Waals surface area contributed by atoms with Crippen LogP contribution in [0.1, 0.15) is 5.56 Å². The summed E-state index contributed by atoms with van der Waals surface area (Å²) in [5, 5.41) is 24.0. The molecule has 106 valence electrons. The fraction of sp³-hybridized carbons (Fsp3) is 0.0625. The van der Waals surface area contributed by atoms with Crippen LogP contribution in [0.25, 0.3) is 16.9 Å². The number of phenolic OH excluding ortho intramolecular Hbond substituents is 2. The molecule has 0 spiro atoms. The summed E-state index contributed by atoms with van der Waals surface area (Å²) in [6.45, 7) is 2.02. The SMILES string of the molecule is Cc1cccc(-n2nccc2-c2cc(Br)c(O)cc2O)c1. The Bertz CT molecular complexity index is 812. The normalized spacial score (nSPS) is 10.8. The van der Waals surface area contributed by atoms with Gasteiger partial charge in [0.2, 0.25) is 0 Å². The Kier molecular flexibility index (Phi) is 3.43. The van der Waals surface area contributed by atoms with Gasteiger partial charge < -0.3 is 10.2 Å². The minimum absolute atomic E-state index is 0.00197. The first kappa shape index (κ1) is 13.7. The minimum atomic E-state index is -0.00197. The number of aromatic hydroxyl groups is 2. The highest BCUT2D eigenvalue weighted by atomic mass is 79.9. The molecule has 0 saturated heterocycles. The molecule has 0 aliphatic carbocycles. The van der Waals surface area contributed by atoms with Crippen LogP contribution in [-0.4, -0.2) is 20.0 Å². The van der Waals surface area contributed by atoms with Crippen molar-refractivity contribution < 1.29 is 10.2 Å². The van der Waals surface area contributed by atoms with E-state index >= 15 is 0 Å². The van der Waals surface area contributed by atoms with Crippen molar-refractivity contribution in [2.75, 3.05) is 0 Å². The van der Waals surface area contributed by atoms with E-state index in [0.717, 1.165) is 16.9 Å². The van der Waals surface area contributed by atoms with Crippen LogP contribution in [0.5, 0.6) is 11.5 Å². The average Bonchev–Trinajstić information content (AvgIpc) is 2.92. The van der Waals surface area contributed by atoms with E-state index in [-0.39, 0.29) is 11.5 Å². The smallest absolute Gasteiger partial charge is 0.133 e. The van der Waals surface area contributed by atoms with E-state index in [9.17, 15) is 10.2 Å². The van der Waals surface area contributed by atoms with E-state index in [1.807, 2.05) is 37.3 Å². The predicted molar refractivity (Wildman–Crippen MR) is 84.8 cm³/mol. The van der Waals surface area contributed by atoms with Gasteiger partial charge in [0, 0.05) is 11.6 Å². The topological polar surface area (TPSA) is 58.3 Å². The van der Waals surface area contributed by atoms with Crippen molar-refractivity contribution in [2.24, 2.45) is 0 Å². The van der Waals surface area contributed by atoms with E-state index in [2.05, 4.69) is 21.0 Å². The van der Waals surface area contributed by atoms with Crippen molar-refractivity contribution in [3.8, 4) is 28.4 Å². The Balaban J connectivity index is 2.18. The van der Waals surface area contributed by atoms with Crippen LogP contribution in [0.15, 0.2) is 53.1 Å². The fourth-order valence-corrected chi connectivity index (χ4v) is 2.57. The molecule has 1 heterocycles. The van der Waals surface area contributed by atoms with Crippen LogP contribution < -0.4 is 0 Å². The molecule has 0 amide bonds. The van der Waals surface area contributed by atoms with Gasteiger partial charge in [-0.25, -0.2) is 4.68 Å². The Morgan fingerprint density at radius 1 is 1.05 bits per heavy atom. The van der Waals surface area contributed by atoms with Gasteiger partial charge in [0.05, 0.1) is 22.1 Å². The number of hydrogen-bond acceptors (Lipinski definition) is 3. The molecule has 3 aromatic rings. The second kappa shape index (κ2) is 5.26. The molecular weight excluding hydrogens is 332 g/mol. The van der Waals surface area contributed by atoms with Crippen molar-refractivity contribution in [3.05, 3.63) is 58.7 Å². The second-order valence-corrected chi connectivity index (χ2v) is 5.64. The summed E-state index contributed by atoms with van der Waals surface area (Å²) in [7, 11) is 0. The summed E-state index contributed by atoms with van der Waals surface area (Å²) in [6, 6.07) is 12.8. The molecule has 5 heteroatoms. The van der Waals surface area contributed by atoms with Crippen LogP contribution >= 0.6 is 15.9 Å². The van der Waals surface area contributed by atoms with Crippen LogP contribution in [0.3, 0.4) is 0 Å². The zero-order valence-corrected chi connectivity index (χ0v) is 12.9. The molecule has 2 aromatic carbocycles. The molecule has 0 fully saturated rings. The number of aromatic nitrogens is 2. The predicted octanol–water partition coefficient (Wildman–Crippen LogP) is 4.02. The van der Waals surface area contributed by atoms with E-state index < -0.39 is 0 Å². The molecule has 2 N–H and O–H groups in total. The summed E-state index contributed by atoms with van der Waals surface area (Å²) >= 11 is 3.27. The average molecular weight is 345 g/mol. The molecule has 4 nitrogen and oxygen atoms in total. The molecule has 21 heavy (non-hydrogen) atoms. The van der Waals surface area contributed by atoms with Crippen LogP contribution in [-0.2, 0) is 0 Å². The first-order valence-electron chi connectivity index (χ1n) is 6.39. The number of nitrogens with zero attached hydrogens (tertiary/aromatic N) is 2. The maximum Gasteiger partial charge on any atom is 0.133 e.